The van der Waals surface area contributed by atoms with Crippen LogP contribution in [0.1, 0.15) is 88.0 Å². The van der Waals surface area contributed by atoms with Crippen LogP contribution in [-0.4, -0.2) is 47.8 Å². The molecule has 37 heavy (non-hydrogen) atoms. The molecular formula is C30H53N5O2. The molecule has 0 aliphatic carbocycles. The van der Waals surface area contributed by atoms with Crippen molar-refractivity contribution in [2.75, 3.05) is 19.4 Å². The number of oxazole rings is 1. The van der Waals surface area contributed by atoms with Crippen LogP contribution >= 0.6 is 0 Å². The summed E-state index contributed by atoms with van der Waals surface area (Å²) in [5.41, 5.74) is 3.49. The van der Waals surface area contributed by atoms with Crippen molar-refractivity contribution in [2.45, 2.75) is 100 Å². The van der Waals surface area contributed by atoms with Gasteiger partial charge in [0.05, 0.1) is 6.04 Å². The van der Waals surface area contributed by atoms with Crippen molar-refractivity contribution in [1.82, 2.24) is 15.2 Å². The molecule has 2 N–H and O–H groups in total. The number of anilines is 1. The molecule has 2 aromatic rings. The molecule has 0 fully saturated rings. The Labute approximate surface area is 226 Å². The highest BCUT2D eigenvalue weighted by Gasteiger charge is 2.15. The van der Waals surface area contributed by atoms with Crippen molar-refractivity contribution in [1.29, 1.82) is 0 Å². The molecular weight excluding hydrogens is 462 g/mol. The quantitative estimate of drug-likeness (QED) is 0.201. The number of hydrogen-bond donors (Lipinski definition) is 2. The number of nitrogens with one attached hydrogen (secondary N) is 2. The fourth-order valence-electron chi connectivity index (χ4n) is 2.54. The van der Waals surface area contributed by atoms with Crippen LogP contribution in [0.15, 0.2) is 58.1 Å². The van der Waals surface area contributed by atoms with E-state index in [-0.39, 0.29) is 17.9 Å². The number of nitrogens with zero attached hydrogens (tertiary/aromatic N) is 3. The van der Waals surface area contributed by atoms with E-state index in [4.69, 9.17) is 4.42 Å². The minimum atomic E-state index is -0.291. The number of fused-ring (bicyclic) bond motifs is 1. The number of rotatable bonds is 9. The zero-order chi connectivity index (χ0) is 29.0. The summed E-state index contributed by atoms with van der Waals surface area (Å²) in [7, 11) is 4.01. The van der Waals surface area contributed by atoms with Crippen LogP contribution in [0.25, 0.3) is 11.1 Å². The van der Waals surface area contributed by atoms with Gasteiger partial charge in [-0.2, -0.15) is 4.98 Å². The Bertz CT molecular complexity index is 913. The molecule has 1 aromatic heterocycles. The summed E-state index contributed by atoms with van der Waals surface area (Å²) in [6.45, 7) is 25.7. The van der Waals surface area contributed by atoms with Crippen LogP contribution in [0.5, 0.6) is 0 Å². The van der Waals surface area contributed by atoms with Gasteiger partial charge in [0.25, 0.3) is 0 Å². The maximum absolute atomic E-state index is 11.5. The molecule has 0 amide bonds. The lowest BCUT2D eigenvalue weighted by atomic mass is 10.1. The largest absolute Gasteiger partial charge is 0.423 e. The smallest absolute Gasteiger partial charge is 0.302 e. The van der Waals surface area contributed by atoms with Crippen LogP contribution in [0.4, 0.5) is 6.01 Å². The van der Waals surface area contributed by atoms with Gasteiger partial charge in [0.2, 0.25) is 0 Å². The molecule has 2 unspecified atom stereocenters. The predicted molar refractivity (Wildman–Crippen MR) is 162 cm³/mol. The number of guanidine groups is 1. The third kappa shape index (κ3) is 16.3. The molecule has 7 heteroatoms. The van der Waals surface area contributed by atoms with Gasteiger partial charge in [0, 0.05) is 32.3 Å². The topological polar surface area (TPSA) is 82.8 Å². The van der Waals surface area contributed by atoms with Crippen LogP contribution in [-0.2, 0) is 4.79 Å². The molecule has 7 nitrogen and oxygen atoms in total. The van der Waals surface area contributed by atoms with Gasteiger partial charge in [0.15, 0.2) is 11.5 Å². The number of allylic oxidation sites excluding steroid dienone is 1. The van der Waals surface area contributed by atoms with Gasteiger partial charge in [-0.05, 0) is 45.7 Å². The van der Waals surface area contributed by atoms with Gasteiger partial charge in [-0.3, -0.25) is 10.1 Å². The molecule has 1 aromatic carbocycles. The van der Waals surface area contributed by atoms with E-state index in [0.29, 0.717) is 24.0 Å². The van der Waals surface area contributed by atoms with Crippen LogP contribution in [0.2, 0.25) is 0 Å². The van der Waals surface area contributed by atoms with E-state index < -0.39 is 0 Å². The monoisotopic (exact) mass is 515 g/mol. The number of hydrogen-bond acceptors (Lipinski definition) is 5. The highest BCUT2D eigenvalue weighted by Crippen LogP contribution is 2.18. The van der Waals surface area contributed by atoms with Gasteiger partial charge in [-0.15, -0.1) is 0 Å². The van der Waals surface area contributed by atoms with E-state index in [2.05, 4.69) is 68.4 Å². The van der Waals surface area contributed by atoms with Crippen LogP contribution < -0.4 is 10.6 Å². The number of aromatic nitrogens is 1. The number of ketones is 1. The fourth-order valence-corrected chi connectivity index (χ4v) is 2.54. The number of benzene rings is 1. The summed E-state index contributed by atoms with van der Waals surface area (Å²) >= 11 is 0. The lowest BCUT2D eigenvalue weighted by Gasteiger charge is -2.18. The van der Waals surface area contributed by atoms with Gasteiger partial charge in [-0.25, -0.2) is 4.99 Å². The van der Waals surface area contributed by atoms with Gasteiger partial charge in [-0.1, -0.05) is 78.8 Å². The summed E-state index contributed by atoms with van der Waals surface area (Å²) < 4.78 is 5.70. The standard InChI is InChI=1S/C19H26N4O2.C6H13N.C3H8.C2H6/c1-6-13(4)20-18(21-16(12(2)3)11-14(5)24)23-19-22-15-9-7-8-10-17(15)25-19;1-5-6(2)7(3)4;1-3-2;1-2/h7-10,13,16H,2,6,11H2,1,3-5H3,(H2,20,21,22,23);2,5H2,1,3-4H3;3H2,1-2H3;1-2H3. The van der Waals surface area contributed by atoms with Crippen molar-refractivity contribution in [3.8, 4) is 0 Å². The molecule has 2 rings (SSSR count). The summed E-state index contributed by atoms with van der Waals surface area (Å²) in [4.78, 5) is 22.6. The third-order valence-corrected chi connectivity index (χ3v) is 4.89. The fraction of sp³-hybridized carbons (Fsp3) is 0.567. The van der Waals surface area contributed by atoms with Crippen LogP contribution in [0, 0.1) is 0 Å². The second kappa shape index (κ2) is 21.0. The third-order valence-electron chi connectivity index (χ3n) is 4.89. The van der Waals surface area contributed by atoms with E-state index in [1.165, 1.54) is 12.1 Å². The summed E-state index contributed by atoms with van der Waals surface area (Å²) in [6, 6.07) is 7.83. The normalized spacial score (nSPS) is 11.8. The molecule has 0 aliphatic rings. The number of carbonyl (C=O) groups is 1. The van der Waals surface area contributed by atoms with Gasteiger partial charge < -0.3 is 14.6 Å². The van der Waals surface area contributed by atoms with Crippen LogP contribution in [0.3, 0.4) is 0 Å². The highest BCUT2D eigenvalue weighted by molar-refractivity contribution is 5.93. The molecule has 0 bridgehead atoms. The van der Waals surface area contributed by atoms with Crippen molar-refractivity contribution in [2.24, 2.45) is 4.99 Å². The summed E-state index contributed by atoms with van der Waals surface area (Å²) in [6.07, 6.45) is 3.54. The maximum atomic E-state index is 11.5. The Hall–Kier alpha value is -3.09. The van der Waals surface area contributed by atoms with Crippen molar-refractivity contribution in [3.05, 3.63) is 48.7 Å². The number of aliphatic imine (C=N–C) groups is 1. The molecule has 0 aliphatic heterocycles. The first-order valence-electron chi connectivity index (χ1n) is 13.5. The Morgan fingerprint density at radius 1 is 1.11 bits per heavy atom. The summed E-state index contributed by atoms with van der Waals surface area (Å²) in [5.74, 6) is 0.594. The Morgan fingerprint density at radius 2 is 1.68 bits per heavy atom. The number of carbonyl (C=O) groups excluding carboxylic acids is 1. The minimum Gasteiger partial charge on any atom is -0.423 e. The molecule has 2 atom stereocenters. The van der Waals surface area contributed by atoms with E-state index >= 15 is 0 Å². The first-order chi connectivity index (χ1) is 17.5. The molecule has 0 spiro atoms. The average Bonchev–Trinajstić information content (AvgIpc) is 3.27. The Kier molecular flexibility index (Phi) is 20.5. The average molecular weight is 516 g/mol. The van der Waals surface area contributed by atoms with Gasteiger partial charge in [0.1, 0.15) is 11.3 Å². The van der Waals surface area contributed by atoms with E-state index in [1.807, 2.05) is 64.0 Å². The predicted octanol–water partition coefficient (Wildman–Crippen LogP) is 7.82. The zero-order valence-electron chi connectivity index (χ0n) is 25.4. The van der Waals surface area contributed by atoms with E-state index in [0.717, 1.165) is 23.9 Å². The Morgan fingerprint density at radius 3 is 2.08 bits per heavy atom. The highest BCUT2D eigenvalue weighted by atomic mass is 16.4. The molecule has 210 valence electrons. The minimum absolute atomic E-state index is 0.0708. The second-order valence-electron chi connectivity index (χ2n) is 8.83. The lowest BCUT2D eigenvalue weighted by molar-refractivity contribution is -0.117. The SMILES string of the molecule is C=C(C)C(CC(C)=O)N=C(Nc1nc2ccccc2o1)NC(C)CC.C=C(CC)N(C)C.CC.CCC. The first-order valence-corrected chi connectivity index (χ1v) is 13.5. The van der Waals surface area contributed by atoms with Gasteiger partial charge >= 0.3 is 6.01 Å². The number of Topliss-reactive ketones (excluding diaryl/α,β-unsaturated/α-hetero) is 1. The van der Waals surface area contributed by atoms with E-state index in [1.54, 1.807) is 6.92 Å². The van der Waals surface area contributed by atoms with Crippen molar-refractivity contribution >= 4 is 28.9 Å². The zero-order valence-corrected chi connectivity index (χ0v) is 25.4. The second-order valence-corrected chi connectivity index (χ2v) is 8.83. The first kappa shape index (κ1) is 36.1. The number of para-hydroxylation sites is 2. The molecule has 0 saturated heterocycles. The molecule has 0 radical (unpaired) electrons. The van der Waals surface area contributed by atoms with E-state index in [9.17, 15) is 4.79 Å². The maximum Gasteiger partial charge on any atom is 0.302 e. The summed E-state index contributed by atoms with van der Waals surface area (Å²) in [5, 5.41) is 6.41. The molecule has 0 saturated carbocycles. The van der Waals surface area contributed by atoms with Crippen molar-refractivity contribution in [3.63, 3.8) is 0 Å². The Balaban J connectivity index is 0. The lowest BCUT2D eigenvalue weighted by Crippen LogP contribution is -2.38. The molecule has 1 heterocycles. The van der Waals surface area contributed by atoms with Crippen molar-refractivity contribution < 1.29 is 9.21 Å².